The Labute approximate surface area is 149 Å². The van der Waals surface area contributed by atoms with Crippen LogP contribution in [0.4, 0.5) is 0 Å². The summed E-state index contributed by atoms with van der Waals surface area (Å²) in [6.45, 7) is 8.49. The lowest BCUT2D eigenvalue weighted by molar-refractivity contribution is 0.00578. The smallest absolute Gasteiger partial charge is 0.403 e. The van der Waals surface area contributed by atoms with Crippen LogP contribution in [0.5, 0.6) is 0 Å². The number of hydrogen-bond acceptors (Lipinski definition) is 2. The van der Waals surface area contributed by atoms with E-state index in [0.717, 1.165) is 6.42 Å². The molecule has 1 atom stereocenters. The van der Waals surface area contributed by atoms with Crippen molar-refractivity contribution in [2.24, 2.45) is 0 Å². The van der Waals surface area contributed by atoms with E-state index in [-0.39, 0.29) is 24.1 Å². The Bertz CT molecular complexity index is 936. The van der Waals surface area contributed by atoms with Gasteiger partial charge in [0, 0.05) is 5.82 Å². The van der Waals surface area contributed by atoms with Gasteiger partial charge >= 0.3 is 7.12 Å². The highest BCUT2D eigenvalue weighted by atomic mass is 16.7. The van der Waals surface area contributed by atoms with E-state index in [4.69, 9.17) is 9.31 Å². The summed E-state index contributed by atoms with van der Waals surface area (Å²) in [5.41, 5.74) is 4.86. The van der Waals surface area contributed by atoms with E-state index in [2.05, 4.69) is 76.3 Å². The molecule has 0 amide bonds. The third-order valence-corrected chi connectivity index (χ3v) is 6.40. The molecular formula is C22H23BO2. The summed E-state index contributed by atoms with van der Waals surface area (Å²) in [7, 11) is -0.235. The van der Waals surface area contributed by atoms with Crippen LogP contribution in [0.25, 0.3) is 22.4 Å². The van der Waals surface area contributed by atoms with Crippen molar-refractivity contribution < 1.29 is 9.31 Å². The number of rotatable bonds is 1. The van der Waals surface area contributed by atoms with Crippen molar-refractivity contribution in [1.82, 2.24) is 0 Å². The molecule has 0 radical (unpaired) electrons. The summed E-state index contributed by atoms with van der Waals surface area (Å²) in [5, 5.41) is 2.73. The van der Waals surface area contributed by atoms with Crippen molar-refractivity contribution >= 4 is 29.5 Å². The average molecular weight is 330 g/mol. The molecule has 0 spiro atoms. The normalized spacial score (nSPS) is 25.4. The van der Waals surface area contributed by atoms with Gasteiger partial charge in [0.1, 0.15) is 0 Å². The molecule has 2 aliphatic carbocycles. The lowest BCUT2D eigenvalue weighted by Crippen LogP contribution is -2.41. The minimum Gasteiger partial charge on any atom is -0.403 e. The molecule has 2 nitrogen and oxygen atoms in total. The van der Waals surface area contributed by atoms with Gasteiger partial charge in [-0.15, -0.1) is 0 Å². The second kappa shape index (κ2) is 4.87. The van der Waals surface area contributed by atoms with Gasteiger partial charge in [-0.3, -0.25) is 0 Å². The number of hydrogen-bond donors (Lipinski definition) is 0. The zero-order chi connectivity index (χ0) is 17.4. The molecule has 126 valence electrons. The molecule has 1 fully saturated rings. The quantitative estimate of drug-likeness (QED) is 0.663. The third-order valence-electron chi connectivity index (χ3n) is 6.40. The van der Waals surface area contributed by atoms with Crippen molar-refractivity contribution in [2.45, 2.75) is 51.1 Å². The maximum absolute atomic E-state index is 6.37. The van der Waals surface area contributed by atoms with E-state index < -0.39 is 0 Å². The highest BCUT2D eigenvalue weighted by Gasteiger charge is 2.54. The average Bonchev–Trinajstić information content (AvgIpc) is 2.80. The van der Waals surface area contributed by atoms with Crippen molar-refractivity contribution in [1.29, 1.82) is 0 Å². The first kappa shape index (κ1) is 15.4. The van der Waals surface area contributed by atoms with Crippen LogP contribution < -0.4 is 0 Å². The predicted octanol–water partition coefficient (Wildman–Crippen LogP) is 5.27. The van der Waals surface area contributed by atoms with Crippen LogP contribution in [-0.4, -0.2) is 18.3 Å². The Morgan fingerprint density at radius 2 is 1.76 bits per heavy atom. The van der Waals surface area contributed by atoms with Crippen LogP contribution in [0, 0.1) is 0 Å². The SMILES string of the molecule is CC1(C)OB(C2C=Cc3ccc4cccc5c4c3C2=CC5)OC1(C)C. The van der Waals surface area contributed by atoms with Crippen LogP contribution in [0.3, 0.4) is 0 Å². The van der Waals surface area contributed by atoms with Crippen LogP contribution in [0.2, 0.25) is 5.82 Å². The molecule has 2 aromatic carbocycles. The second-order valence-corrected chi connectivity index (χ2v) is 8.42. The van der Waals surface area contributed by atoms with Crippen LogP contribution in [0.15, 0.2) is 42.5 Å². The molecule has 0 saturated carbocycles. The van der Waals surface area contributed by atoms with E-state index in [1.165, 1.54) is 33.0 Å². The highest BCUT2D eigenvalue weighted by molar-refractivity contribution is 6.52. The molecule has 0 aromatic heterocycles. The first-order valence-electron chi connectivity index (χ1n) is 9.16. The zero-order valence-electron chi connectivity index (χ0n) is 15.3. The fraction of sp³-hybridized carbons (Fsp3) is 0.364. The molecule has 3 aliphatic rings. The summed E-state index contributed by atoms with van der Waals surface area (Å²) >= 11 is 0. The van der Waals surface area contributed by atoms with E-state index in [1.54, 1.807) is 0 Å². The van der Waals surface area contributed by atoms with Crippen LogP contribution in [-0.2, 0) is 15.7 Å². The predicted molar refractivity (Wildman–Crippen MR) is 104 cm³/mol. The van der Waals surface area contributed by atoms with E-state index >= 15 is 0 Å². The molecular weight excluding hydrogens is 307 g/mol. The minimum atomic E-state index is -0.301. The molecule has 0 N–H and O–H groups in total. The molecule has 1 unspecified atom stereocenters. The second-order valence-electron chi connectivity index (χ2n) is 8.42. The van der Waals surface area contributed by atoms with Gasteiger partial charge in [-0.05, 0) is 67.2 Å². The fourth-order valence-corrected chi connectivity index (χ4v) is 4.30. The summed E-state index contributed by atoms with van der Waals surface area (Å²) in [4.78, 5) is 0. The molecule has 5 rings (SSSR count). The lowest BCUT2D eigenvalue weighted by atomic mass is 9.61. The maximum atomic E-state index is 6.37. The standard InChI is InChI=1S/C22H23BO2/c1-21(2)22(3,4)25-23(24-21)18-13-11-16-9-8-14-6-5-7-15-10-12-17(18)20(16)19(14)15/h5-9,11-13,18H,10H2,1-4H3. The molecule has 1 aliphatic heterocycles. The Balaban J connectivity index is 1.64. The van der Waals surface area contributed by atoms with E-state index in [9.17, 15) is 0 Å². The molecule has 3 heteroatoms. The van der Waals surface area contributed by atoms with Gasteiger partial charge in [0.2, 0.25) is 0 Å². The summed E-state index contributed by atoms with van der Waals surface area (Å²) in [6.07, 6.45) is 7.85. The molecule has 25 heavy (non-hydrogen) atoms. The monoisotopic (exact) mass is 330 g/mol. The van der Waals surface area contributed by atoms with E-state index in [0.29, 0.717) is 0 Å². The first-order valence-corrected chi connectivity index (χ1v) is 9.16. The number of allylic oxidation sites excluding steroid dienone is 3. The van der Waals surface area contributed by atoms with Gasteiger partial charge < -0.3 is 9.31 Å². The van der Waals surface area contributed by atoms with Crippen molar-refractivity contribution in [3.05, 3.63) is 59.2 Å². The Hall–Kier alpha value is -1.84. The van der Waals surface area contributed by atoms with Gasteiger partial charge in [-0.25, -0.2) is 0 Å². The topological polar surface area (TPSA) is 18.5 Å². The summed E-state index contributed by atoms with van der Waals surface area (Å²) < 4.78 is 12.7. The van der Waals surface area contributed by atoms with Crippen molar-refractivity contribution in [3.63, 3.8) is 0 Å². The highest BCUT2D eigenvalue weighted by Crippen LogP contribution is 2.50. The third kappa shape index (κ3) is 2.06. The minimum absolute atomic E-state index is 0.146. The van der Waals surface area contributed by atoms with Gasteiger partial charge in [0.25, 0.3) is 0 Å². The van der Waals surface area contributed by atoms with Gasteiger partial charge in [0.05, 0.1) is 11.2 Å². The molecule has 1 heterocycles. The van der Waals surface area contributed by atoms with Gasteiger partial charge in [0.15, 0.2) is 0 Å². The Morgan fingerprint density at radius 1 is 1.00 bits per heavy atom. The summed E-state index contributed by atoms with van der Waals surface area (Å²) in [5.74, 6) is 0.146. The van der Waals surface area contributed by atoms with E-state index in [1.807, 2.05) is 0 Å². The van der Waals surface area contributed by atoms with Gasteiger partial charge in [-0.1, -0.05) is 48.6 Å². The largest absolute Gasteiger partial charge is 0.469 e. The first-order chi connectivity index (χ1) is 11.9. The summed E-state index contributed by atoms with van der Waals surface area (Å²) in [6, 6.07) is 11.1. The van der Waals surface area contributed by atoms with Gasteiger partial charge in [-0.2, -0.15) is 0 Å². The number of benzene rings is 2. The Kier molecular flexibility index (Phi) is 3.00. The van der Waals surface area contributed by atoms with Crippen molar-refractivity contribution in [2.75, 3.05) is 0 Å². The maximum Gasteiger partial charge on any atom is 0.469 e. The molecule has 1 saturated heterocycles. The molecule has 2 aromatic rings. The Morgan fingerprint density at radius 3 is 2.52 bits per heavy atom. The van der Waals surface area contributed by atoms with Crippen LogP contribution in [0.1, 0.15) is 44.4 Å². The van der Waals surface area contributed by atoms with Crippen molar-refractivity contribution in [3.8, 4) is 0 Å². The fourth-order valence-electron chi connectivity index (χ4n) is 4.30. The zero-order valence-corrected chi connectivity index (χ0v) is 15.3. The molecule has 0 bridgehead atoms. The van der Waals surface area contributed by atoms with Crippen LogP contribution >= 0.6 is 0 Å². The lowest BCUT2D eigenvalue weighted by Gasteiger charge is -2.32.